The van der Waals surface area contributed by atoms with Gasteiger partial charge in [-0.05, 0) is 37.3 Å². The Bertz CT molecular complexity index is 1060. The van der Waals surface area contributed by atoms with Gasteiger partial charge in [-0.15, -0.1) is 0 Å². The van der Waals surface area contributed by atoms with E-state index in [0.29, 0.717) is 22.5 Å². The third kappa shape index (κ3) is 4.12. The number of nitrogens with zero attached hydrogens (tertiary/aromatic N) is 2. The Morgan fingerprint density at radius 3 is 2.22 bits per heavy atom. The van der Waals surface area contributed by atoms with Crippen molar-refractivity contribution in [1.82, 2.24) is 9.78 Å². The Labute approximate surface area is 154 Å². The number of benzene rings is 2. The number of hydrogen-bond acceptors (Lipinski definition) is 5. The summed E-state index contributed by atoms with van der Waals surface area (Å²) in [7, 11) is 1.27. The number of ether oxygens (including phenoxy) is 1. The van der Waals surface area contributed by atoms with Crippen molar-refractivity contribution in [2.45, 2.75) is 13.5 Å². The third-order valence-corrected chi connectivity index (χ3v) is 3.95. The molecule has 1 heterocycles. The van der Waals surface area contributed by atoms with E-state index in [1.165, 1.54) is 7.11 Å². The summed E-state index contributed by atoms with van der Waals surface area (Å²) in [6.45, 7) is 1.59. The maximum absolute atomic E-state index is 12.5. The van der Waals surface area contributed by atoms with E-state index < -0.39 is 6.09 Å². The van der Waals surface area contributed by atoms with E-state index in [4.69, 9.17) is 0 Å². The lowest BCUT2D eigenvalue weighted by molar-refractivity contribution is -0.117. The number of carbonyl (C=O) groups excluding carboxylic acids is 2. The van der Waals surface area contributed by atoms with Crippen molar-refractivity contribution < 1.29 is 14.3 Å². The standard InChI is InChI=1S/C19H18N4O4/c1-12-15-5-3-4-6-16(15)18(25)23(22-12)11-17(24)20-13-7-9-14(10-8-13)21-19(26)27-2/h3-10H,11H2,1-2H3,(H,20,24)(H,21,26). The maximum Gasteiger partial charge on any atom is 0.411 e. The van der Waals surface area contributed by atoms with Crippen molar-refractivity contribution >= 4 is 34.1 Å². The summed E-state index contributed by atoms with van der Waals surface area (Å²) in [5.74, 6) is -0.382. The van der Waals surface area contributed by atoms with E-state index in [9.17, 15) is 14.4 Å². The van der Waals surface area contributed by atoms with Crippen molar-refractivity contribution in [3.8, 4) is 0 Å². The van der Waals surface area contributed by atoms with Gasteiger partial charge in [0.15, 0.2) is 0 Å². The molecule has 0 unspecified atom stereocenters. The molecule has 0 radical (unpaired) electrons. The fourth-order valence-electron chi connectivity index (χ4n) is 2.65. The van der Waals surface area contributed by atoms with Gasteiger partial charge in [0.2, 0.25) is 5.91 Å². The number of methoxy groups -OCH3 is 1. The SMILES string of the molecule is COC(=O)Nc1ccc(NC(=O)Cn2nc(C)c3ccccc3c2=O)cc1. The molecule has 138 valence electrons. The van der Waals surface area contributed by atoms with Crippen LogP contribution in [0.25, 0.3) is 10.8 Å². The molecule has 0 aliphatic heterocycles. The molecule has 0 spiro atoms. The minimum absolute atomic E-state index is 0.202. The lowest BCUT2D eigenvalue weighted by Crippen LogP contribution is -2.30. The highest BCUT2D eigenvalue weighted by Gasteiger charge is 2.11. The molecule has 8 heteroatoms. The van der Waals surface area contributed by atoms with Crippen LogP contribution in [0.15, 0.2) is 53.3 Å². The van der Waals surface area contributed by atoms with E-state index in [-0.39, 0.29) is 18.0 Å². The van der Waals surface area contributed by atoms with Crippen LogP contribution in [-0.2, 0) is 16.1 Å². The number of fused-ring (bicyclic) bond motifs is 1. The third-order valence-electron chi connectivity index (χ3n) is 3.95. The number of rotatable bonds is 4. The molecular formula is C19H18N4O4. The highest BCUT2D eigenvalue weighted by molar-refractivity contribution is 5.91. The molecule has 0 saturated heterocycles. The highest BCUT2D eigenvalue weighted by Crippen LogP contribution is 2.14. The number of aryl methyl sites for hydroxylation is 1. The number of aromatic nitrogens is 2. The van der Waals surface area contributed by atoms with Crippen LogP contribution >= 0.6 is 0 Å². The van der Waals surface area contributed by atoms with Crippen LogP contribution in [0.2, 0.25) is 0 Å². The van der Waals surface area contributed by atoms with Crippen LogP contribution in [0.5, 0.6) is 0 Å². The van der Waals surface area contributed by atoms with Gasteiger partial charge in [-0.3, -0.25) is 14.9 Å². The molecule has 2 aromatic carbocycles. The van der Waals surface area contributed by atoms with E-state index in [2.05, 4.69) is 20.5 Å². The lowest BCUT2D eigenvalue weighted by Gasteiger charge is -2.10. The second-order valence-electron chi connectivity index (χ2n) is 5.84. The van der Waals surface area contributed by atoms with Gasteiger partial charge in [-0.2, -0.15) is 5.10 Å². The first-order valence-electron chi connectivity index (χ1n) is 8.19. The number of amides is 2. The van der Waals surface area contributed by atoms with Crippen molar-refractivity contribution in [2.75, 3.05) is 17.7 Å². The molecule has 2 N–H and O–H groups in total. The van der Waals surface area contributed by atoms with Gasteiger partial charge in [0, 0.05) is 16.8 Å². The Balaban J connectivity index is 1.73. The summed E-state index contributed by atoms with van der Waals surface area (Å²) in [6, 6.07) is 13.7. The molecular weight excluding hydrogens is 348 g/mol. The van der Waals surface area contributed by atoms with Crippen LogP contribution < -0.4 is 16.2 Å². The molecule has 27 heavy (non-hydrogen) atoms. The van der Waals surface area contributed by atoms with Gasteiger partial charge in [0.1, 0.15) is 6.54 Å². The van der Waals surface area contributed by atoms with E-state index in [1.54, 1.807) is 43.3 Å². The number of carbonyl (C=O) groups is 2. The van der Waals surface area contributed by atoms with Gasteiger partial charge >= 0.3 is 6.09 Å². The largest absolute Gasteiger partial charge is 0.453 e. The Kier molecular flexibility index (Phi) is 5.16. The second-order valence-corrected chi connectivity index (χ2v) is 5.84. The summed E-state index contributed by atoms with van der Waals surface area (Å²) in [4.78, 5) is 36.0. The lowest BCUT2D eigenvalue weighted by atomic mass is 10.1. The minimum Gasteiger partial charge on any atom is -0.453 e. The van der Waals surface area contributed by atoms with Crippen molar-refractivity contribution in [3.05, 3.63) is 64.6 Å². The van der Waals surface area contributed by atoms with Gasteiger partial charge in [0.25, 0.3) is 5.56 Å². The van der Waals surface area contributed by atoms with Crippen molar-refractivity contribution in [1.29, 1.82) is 0 Å². The number of hydrogen-bond donors (Lipinski definition) is 2. The molecule has 8 nitrogen and oxygen atoms in total. The monoisotopic (exact) mass is 366 g/mol. The first-order chi connectivity index (χ1) is 13.0. The topological polar surface area (TPSA) is 102 Å². The van der Waals surface area contributed by atoms with Crippen molar-refractivity contribution in [3.63, 3.8) is 0 Å². The average Bonchev–Trinajstić information content (AvgIpc) is 2.67. The molecule has 0 atom stereocenters. The van der Waals surface area contributed by atoms with Crippen molar-refractivity contribution in [2.24, 2.45) is 0 Å². The molecule has 3 rings (SSSR count). The van der Waals surface area contributed by atoms with Crippen LogP contribution in [0.3, 0.4) is 0 Å². The summed E-state index contributed by atoms with van der Waals surface area (Å²) >= 11 is 0. The molecule has 0 saturated carbocycles. The zero-order valence-corrected chi connectivity index (χ0v) is 14.9. The summed E-state index contributed by atoms with van der Waals surface area (Å²) in [6.07, 6.45) is -0.580. The quantitative estimate of drug-likeness (QED) is 0.739. The highest BCUT2D eigenvalue weighted by atomic mass is 16.5. The first-order valence-corrected chi connectivity index (χ1v) is 8.19. The maximum atomic E-state index is 12.5. The van der Waals surface area contributed by atoms with E-state index >= 15 is 0 Å². The Morgan fingerprint density at radius 1 is 1.00 bits per heavy atom. The second kappa shape index (κ2) is 7.69. The van der Waals surface area contributed by atoms with Gasteiger partial charge in [-0.25, -0.2) is 9.48 Å². The minimum atomic E-state index is -0.580. The molecule has 0 aliphatic carbocycles. The molecule has 3 aromatic rings. The van der Waals surface area contributed by atoms with Crippen LogP contribution in [0, 0.1) is 6.92 Å². The normalized spacial score (nSPS) is 10.4. The number of nitrogens with one attached hydrogen (secondary N) is 2. The van der Waals surface area contributed by atoms with Gasteiger partial charge < -0.3 is 10.1 Å². The van der Waals surface area contributed by atoms with Crippen LogP contribution in [0.1, 0.15) is 5.69 Å². The Hall–Kier alpha value is -3.68. The molecule has 1 aromatic heterocycles. The molecule has 0 bridgehead atoms. The van der Waals surface area contributed by atoms with Gasteiger partial charge in [-0.1, -0.05) is 18.2 Å². The summed E-state index contributed by atoms with van der Waals surface area (Å²) < 4.78 is 5.66. The average molecular weight is 366 g/mol. The van der Waals surface area contributed by atoms with Crippen LogP contribution in [0.4, 0.5) is 16.2 Å². The fraction of sp³-hybridized carbons (Fsp3) is 0.158. The fourth-order valence-corrected chi connectivity index (χ4v) is 2.65. The zero-order valence-electron chi connectivity index (χ0n) is 14.9. The van der Waals surface area contributed by atoms with E-state index in [0.717, 1.165) is 10.1 Å². The number of anilines is 2. The summed E-state index contributed by atoms with van der Waals surface area (Å²) in [5, 5.41) is 10.7. The molecule has 2 amide bonds. The first kappa shape index (κ1) is 18.1. The molecule has 0 fully saturated rings. The zero-order chi connectivity index (χ0) is 19.4. The van der Waals surface area contributed by atoms with Crippen LogP contribution in [-0.4, -0.2) is 28.9 Å². The predicted molar refractivity (Wildman–Crippen MR) is 102 cm³/mol. The predicted octanol–water partition coefficient (Wildman–Crippen LogP) is 2.52. The summed E-state index contributed by atoms with van der Waals surface area (Å²) in [5.41, 5.74) is 1.42. The smallest absolute Gasteiger partial charge is 0.411 e. The Morgan fingerprint density at radius 2 is 1.59 bits per heavy atom. The molecule has 0 aliphatic rings. The van der Waals surface area contributed by atoms with Gasteiger partial charge in [0.05, 0.1) is 18.2 Å². The van der Waals surface area contributed by atoms with E-state index in [1.807, 2.05) is 12.1 Å².